The van der Waals surface area contributed by atoms with E-state index in [1.54, 1.807) is 11.8 Å². The quantitative estimate of drug-likeness (QED) is 0.908. The number of rotatable bonds is 3. The molecule has 0 saturated heterocycles. The second-order valence-electron chi connectivity index (χ2n) is 4.56. The third-order valence-electron chi connectivity index (χ3n) is 2.84. The molecule has 0 fully saturated rings. The molecule has 18 heavy (non-hydrogen) atoms. The molecule has 0 aliphatic carbocycles. The van der Waals surface area contributed by atoms with Gasteiger partial charge in [0.25, 0.3) is 0 Å². The van der Waals surface area contributed by atoms with Crippen LogP contribution in [0.25, 0.3) is 0 Å². The van der Waals surface area contributed by atoms with Crippen molar-refractivity contribution in [1.82, 2.24) is 4.98 Å². The van der Waals surface area contributed by atoms with Crippen LogP contribution < -0.4 is 5.73 Å². The van der Waals surface area contributed by atoms with Crippen LogP contribution >= 0.6 is 11.8 Å². The van der Waals surface area contributed by atoms with Gasteiger partial charge in [-0.3, -0.25) is 0 Å². The molecule has 2 rings (SSSR count). The van der Waals surface area contributed by atoms with Crippen LogP contribution in [0.2, 0.25) is 0 Å². The van der Waals surface area contributed by atoms with Crippen LogP contribution in [0.4, 0.5) is 0 Å². The van der Waals surface area contributed by atoms with Crippen molar-refractivity contribution in [2.75, 3.05) is 0 Å². The second kappa shape index (κ2) is 5.55. The van der Waals surface area contributed by atoms with Crippen LogP contribution in [-0.4, -0.2) is 4.98 Å². The van der Waals surface area contributed by atoms with Crippen LogP contribution in [0.3, 0.4) is 0 Å². The van der Waals surface area contributed by atoms with Gasteiger partial charge in [-0.15, -0.1) is 0 Å². The third kappa shape index (κ3) is 2.92. The van der Waals surface area contributed by atoms with Gasteiger partial charge >= 0.3 is 0 Å². The zero-order chi connectivity index (χ0) is 13.1. The minimum Gasteiger partial charge on any atom is -0.324 e. The summed E-state index contributed by atoms with van der Waals surface area (Å²) < 4.78 is 0. The molecule has 0 radical (unpaired) electrons. The van der Waals surface area contributed by atoms with Crippen molar-refractivity contribution in [1.29, 1.82) is 0 Å². The monoisotopic (exact) mass is 258 g/mol. The minimum atomic E-state index is 0.00585. The maximum atomic E-state index is 5.98. The van der Waals surface area contributed by atoms with E-state index in [-0.39, 0.29) is 6.04 Å². The number of nitrogens with two attached hydrogens (primary N) is 1. The number of aryl methyl sites for hydroxylation is 2. The molecule has 0 aliphatic heterocycles. The van der Waals surface area contributed by atoms with Crippen molar-refractivity contribution in [2.45, 2.75) is 36.7 Å². The van der Waals surface area contributed by atoms with Crippen molar-refractivity contribution in [2.24, 2.45) is 5.73 Å². The van der Waals surface area contributed by atoms with Crippen molar-refractivity contribution >= 4 is 11.8 Å². The van der Waals surface area contributed by atoms with E-state index in [9.17, 15) is 0 Å². The van der Waals surface area contributed by atoms with Gasteiger partial charge in [-0.05, 0) is 44.0 Å². The molecule has 0 spiro atoms. The zero-order valence-electron chi connectivity index (χ0n) is 11.0. The van der Waals surface area contributed by atoms with Gasteiger partial charge in [0.05, 0.1) is 0 Å². The van der Waals surface area contributed by atoms with Crippen molar-refractivity contribution in [3.8, 4) is 0 Å². The summed E-state index contributed by atoms with van der Waals surface area (Å²) in [5.74, 6) is 0. The number of aromatic nitrogens is 1. The summed E-state index contributed by atoms with van der Waals surface area (Å²) in [6.45, 7) is 6.22. The largest absolute Gasteiger partial charge is 0.324 e. The number of benzene rings is 1. The standard InChI is InChI=1S/C15H18N2S/c1-10-6-7-11(2)14(9-10)18-15-13(12(3)16)5-4-8-17-15/h4-9,12H,16H2,1-3H3. The smallest absolute Gasteiger partial charge is 0.105 e. The van der Waals surface area contributed by atoms with E-state index >= 15 is 0 Å². The molecule has 2 N–H and O–H groups in total. The van der Waals surface area contributed by atoms with Gasteiger partial charge in [0.1, 0.15) is 5.03 Å². The van der Waals surface area contributed by atoms with Gasteiger partial charge in [0, 0.05) is 22.7 Å². The Morgan fingerprint density at radius 1 is 1.22 bits per heavy atom. The molecule has 1 aromatic carbocycles. The highest BCUT2D eigenvalue weighted by Crippen LogP contribution is 2.33. The molecule has 0 bridgehead atoms. The first-order valence-electron chi connectivity index (χ1n) is 6.03. The Kier molecular flexibility index (Phi) is 4.04. The predicted octanol–water partition coefficient (Wildman–Crippen LogP) is 3.87. The molecule has 2 nitrogen and oxygen atoms in total. The number of nitrogens with zero attached hydrogens (tertiary/aromatic N) is 1. The summed E-state index contributed by atoms with van der Waals surface area (Å²) in [6.07, 6.45) is 1.82. The van der Waals surface area contributed by atoms with Crippen LogP contribution in [0.15, 0.2) is 46.5 Å². The molecule has 0 saturated carbocycles. The van der Waals surface area contributed by atoms with Crippen molar-refractivity contribution in [3.63, 3.8) is 0 Å². The summed E-state index contributed by atoms with van der Waals surface area (Å²) in [5.41, 5.74) is 9.62. The minimum absolute atomic E-state index is 0.00585. The molecule has 1 unspecified atom stereocenters. The molecule has 1 atom stereocenters. The summed E-state index contributed by atoms with van der Waals surface area (Å²) >= 11 is 1.69. The average Bonchev–Trinajstić information content (AvgIpc) is 2.34. The fourth-order valence-electron chi connectivity index (χ4n) is 1.76. The average molecular weight is 258 g/mol. The summed E-state index contributed by atoms with van der Waals surface area (Å²) in [6, 6.07) is 10.5. The summed E-state index contributed by atoms with van der Waals surface area (Å²) in [7, 11) is 0. The van der Waals surface area contributed by atoms with Gasteiger partial charge in [0.15, 0.2) is 0 Å². The van der Waals surface area contributed by atoms with E-state index in [0.29, 0.717) is 0 Å². The van der Waals surface area contributed by atoms with Gasteiger partial charge < -0.3 is 5.73 Å². The van der Waals surface area contributed by atoms with Crippen molar-refractivity contribution < 1.29 is 0 Å². The van der Waals surface area contributed by atoms with E-state index < -0.39 is 0 Å². The van der Waals surface area contributed by atoms with Crippen LogP contribution in [0.1, 0.15) is 29.7 Å². The zero-order valence-corrected chi connectivity index (χ0v) is 11.8. The molecule has 1 aromatic heterocycles. The lowest BCUT2D eigenvalue weighted by Crippen LogP contribution is -2.07. The Morgan fingerprint density at radius 3 is 2.72 bits per heavy atom. The molecule has 0 aliphatic rings. The highest BCUT2D eigenvalue weighted by Gasteiger charge is 2.10. The Bertz CT molecular complexity index is 550. The summed E-state index contributed by atoms with van der Waals surface area (Å²) in [5, 5.41) is 1.00. The van der Waals surface area contributed by atoms with Crippen molar-refractivity contribution in [3.05, 3.63) is 53.2 Å². The molecule has 2 aromatic rings. The Balaban J connectivity index is 2.37. The lowest BCUT2D eigenvalue weighted by Gasteiger charge is -2.12. The third-order valence-corrected chi connectivity index (χ3v) is 4.04. The summed E-state index contributed by atoms with van der Waals surface area (Å²) in [4.78, 5) is 5.69. The van der Waals surface area contributed by atoms with Crippen LogP contribution in [0, 0.1) is 13.8 Å². The molecule has 94 valence electrons. The van der Waals surface area contributed by atoms with E-state index in [2.05, 4.69) is 37.0 Å². The topological polar surface area (TPSA) is 38.9 Å². The first-order chi connectivity index (χ1) is 8.58. The number of hydrogen-bond donors (Lipinski definition) is 1. The van der Waals surface area contributed by atoms with E-state index in [4.69, 9.17) is 5.73 Å². The predicted molar refractivity (Wildman–Crippen MR) is 76.9 cm³/mol. The first-order valence-corrected chi connectivity index (χ1v) is 6.85. The highest BCUT2D eigenvalue weighted by atomic mass is 32.2. The SMILES string of the molecule is Cc1ccc(C)c(Sc2ncccc2C(C)N)c1. The van der Waals surface area contributed by atoms with E-state index in [0.717, 1.165) is 10.6 Å². The van der Waals surface area contributed by atoms with Gasteiger partial charge in [0.2, 0.25) is 0 Å². The molecular formula is C15H18N2S. The maximum absolute atomic E-state index is 5.98. The van der Waals surface area contributed by atoms with E-state index in [1.165, 1.54) is 16.0 Å². The number of hydrogen-bond acceptors (Lipinski definition) is 3. The molecule has 0 amide bonds. The normalized spacial score (nSPS) is 12.4. The second-order valence-corrected chi connectivity index (χ2v) is 5.59. The lowest BCUT2D eigenvalue weighted by atomic mass is 10.2. The number of pyridine rings is 1. The Morgan fingerprint density at radius 2 is 2.00 bits per heavy atom. The highest BCUT2D eigenvalue weighted by molar-refractivity contribution is 7.99. The fraction of sp³-hybridized carbons (Fsp3) is 0.267. The van der Waals surface area contributed by atoms with E-state index in [1.807, 2.05) is 25.3 Å². The lowest BCUT2D eigenvalue weighted by molar-refractivity contribution is 0.779. The van der Waals surface area contributed by atoms with Gasteiger partial charge in [-0.25, -0.2) is 4.98 Å². The van der Waals surface area contributed by atoms with Crippen LogP contribution in [0.5, 0.6) is 0 Å². The molecule has 1 heterocycles. The molecular weight excluding hydrogens is 240 g/mol. The first kappa shape index (κ1) is 13.1. The maximum Gasteiger partial charge on any atom is 0.105 e. The van der Waals surface area contributed by atoms with Crippen LogP contribution in [-0.2, 0) is 0 Å². The van der Waals surface area contributed by atoms with Gasteiger partial charge in [-0.2, -0.15) is 0 Å². The Hall–Kier alpha value is -1.32. The Labute approximate surface area is 113 Å². The fourth-order valence-corrected chi connectivity index (χ4v) is 2.92. The van der Waals surface area contributed by atoms with Gasteiger partial charge in [-0.1, -0.05) is 30.0 Å². The molecule has 3 heteroatoms.